The van der Waals surface area contributed by atoms with Gasteiger partial charge in [0.25, 0.3) is 5.91 Å². The van der Waals surface area contributed by atoms with Gasteiger partial charge in [-0.2, -0.15) is 0 Å². The fourth-order valence-corrected chi connectivity index (χ4v) is 4.53. The molecule has 166 valence electrons. The molecule has 3 aromatic rings. The predicted octanol–water partition coefficient (Wildman–Crippen LogP) is 5.58. The maximum Gasteiger partial charge on any atom is 0.271 e. The number of anilines is 1. The maximum absolute atomic E-state index is 13.4. The summed E-state index contributed by atoms with van der Waals surface area (Å²) in [6, 6.07) is 19.6. The average molecular weight is 461 g/mol. The van der Waals surface area contributed by atoms with Crippen LogP contribution < -0.4 is 14.4 Å². The molecule has 2 aliphatic rings. The number of thioether (sulfide) groups is 1. The van der Waals surface area contributed by atoms with E-state index in [0.717, 1.165) is 22.4 Å². The number of fused-ring (bicyclic) bond motifs is 1. The van der Waals surface area contributed by atoms with Gasteiger partial charge in [0.1, 0.15) is 19.0 Å². The van der Waals surface area contributed by atoms with Gasteiger partial charge in [0, 0.05) is 0 Å². The zero-order chi connectivity index (χ0) is 22.8. The van der Waals surface area contributed by atoms with Crippen molar-refractivity contribution in [1.82, 2.24) is 0 Å². The third-order valence-corrected chi connectivity index (χ3v) is 6.28. The fraction of sp³-hybridized carbons (Fsp3) is 0.154. The summed E-state index contributed by atoms with van der Waals surface area (Å²) in [4.78, 5) is 20.3. The van der Waals surface area contributed by atoms with Crippen molar-refractivity contribution in [2.45, 2.75) is 13.5 Å². The molecular formula is C26H21FN2O3S. The van der Waals surface area contributed by atoms with Gasteiger partial charge in [-0.1, -0.05) is 35.9 Å². The van der Waals surface area contributed by atoms with Crippen LogP contribution in [0.1, 0.15) is 16.7 Å². The lowest BCUT2D eigenvalue weighted by Gasteiger charge is -2.18. The van der Waals surface area contributed by atoms with Crippen molar-refractivity contribution in [3.8, 4) is 11.5 Å². The molecule has 0 bridgehead atoms. The van der Waals surface area contributed by atoms with Crippen LogP contribution in [0.15, 0.2) is 76.6 Å². The number of hydrogen-bond donors (Lipinski definition) is 0. The van der Waals surface area contributed by atoms with Gasteiger partial charge in [0.15, 0.2) is 16.7 Å². The van der Waals surface area contributed by atoms with Crippen LogP contribution in [0.5, 0.6) is 11.5 Å². The molecule has 3 aromatic carbocycles. The summed E-state index contributed by atoms with van der Waals surface area (Å²) in [5.74, 6) is 0.947. The van der Waals surface area contributed by atoms with Crippen molar-refractivity contribution in [3.05, 3.63) is 94.1 Å². The number of benzene rings is 3. The summed E-state index contributed by atoms with van der Waals surface area (Å²) in [6.07, 6.45) is 1.84. The van der Waals surface area contributed by atoms with E-state index >= 15 is 0 Å². The van der Waals surface area contributed by atoms with E-state index in [0.29, 0.717) is 41.3 Å². The second-order valence-corrected chi connectivity index (χ2v) is 8.72. The third-order valence-electron chi connectivity index (χ3n) is 5.27. The summed E-state index contributed by atoms with van der Waals surface area (Å²) in [5, 5.41) is 0.581. The topological polar surface area (TPSA) is 51.1 Å². The number of ether oxygens (including phenoxy) is 2. The Balaban J connectivity index is 1.48. The van der Waals surface area contributed by atoms with E-state index in [4.69, 9.17) is 14.5 Å². The number of aryl methyl sites for hydroxylation is 1. The molecule has 0 unspecified atom stereocenters. The summed E-state index contributed by atoms with van der Waals surface area (Å²) in [7, 11) is 0. The number of hydrogen-bond acceptors (Lipinski definition) is 5. The second-order valence-electron chi connectivity index (χ2n) is 7.72. The number of amidine groups is 1. The molecule has 0 N–H and O–H groups in total. The highest BCUT2D eigenvalue weighted by Crippen LogP contribution is 2.38. The summed E-state index contributed by atoms with van der Waals surface area (Å²) in [6.45, 7) is 3.37. The molecule has 0 saturated carbocycles. The first-order valence-corrected chi connectivity index (χ1v) is 11.4. The maximum atomic E-state index is 13.4. The number of aliphatic imine (C=N–C) groups is 1. The van der Waals surface area contributed by atoms with Crippen molar-refractivity contribution >= 4 is 34.6 Å². The lowest BCUT2D eigenvalue weighted by atomic mass is 10.1. The average Bonchev–Trinajstić information content (AvgIpc) is 3.14. The van der Waals surface area contributed by atoms with Crippen LogP contribution in [-0.4, -0.2) is 24.3 Å². The number of carbonyl (C=O) groups is 1. The molecule has 7 heteroatoms. The Morgan fingerprint density at radius 1 is 1.00 bits per heavy atom. The molecule has 5 rings (SSSR count). The predicted molar refractivity (Wildman–Crippen MR) is 129 cm³/mol. The van der Waals surface area contributed by atoms with Crippen LogP contribution >= 0.6 is 11.8 Å². The standard InChI is InChI=1S/C26H21FN2O3S/c1-17-2-9-21(10-3-17)29-25(30)24(15-19-6-11-22-23(14-19)32-13-12-31-22)33-26(29)28-16-18-4-7-20(27)8-5-18/h2-11,14-15H,12-13,16H2,1H3/b24-15-,28-26?. The molecule has 1 saturated heterocycles. The van der Waals surface area contributed by atoms with Crippen LogP contribution in [0.2, 0.25) is 0 Å². The first-order chi connectivity index (χ1) is 16.1. The molecule has 0 aliphatic carbocycles. The molecule has 0 radical (unpaired) electrons. The summed E-state index contributed by atoms with van der Waals surface area (Å²) < 4.78 is 24.5. The highest BCUT2D eigenvalue weighted by atomic mass is 32.2. The Morgan fingerprint density at radius 3 is 2.48 bits per heavy atom. The molecule has 33 heavy (non-hydrogen) atoms. The molecule has 1 amide bonds. The first-order valence-electron chi connectivity index (χ1n) is 10.6. The van der Waals surface area contributed by atoms with Gasteiger partial charge < -0.3 is 9.47 Å². The Hall–Kier alpha value is -3.58. The van der Waals surface area contributed by atoms with E-state index in [-0.39, 0.29) is 11.7 Å². The number of rotatable bonds is 4. The highest BCUT2D eigenvalue weighted by Gasteiger charge is 2.34. The van der Waals surface area contributed by atoms with Crippen LogP contribution in [0.4, 0.5) is 10.1 Å². The lowest BCUT2D eigenvalue weighted by Crippen LogP contribution is -2.28. The van der Waals surface area contributed by atoms with Gasteiger partial charge in [-0.15, -0.1) is 0 Å². The van der Waals surface area contributed by atoms with Gasteiger partial charge in [0.2, 0.25) is 0 Å². The number of amides is 1. The number of carbonyl (C=O) groups excluding carboxylic acids is 1. The molecular weight excluding hydrogens is 439 g/mol. The quantitative estimate of drug-likeness (QED) is 0.477. The molecule has 0 aromatic heterocycles. The number of halogens is 1. The number of nitrogens with zero attached hydrogens (tertiary/aromatic N) is 2. The molecule has 2 aliphatic heterocycles. The minimum atomic E-state index is -0.289. The molecule has 5 nitrogen and oxygen atoms in total. The van der Waals surface area contributed by atoms with E-state index < -0.39 is 0 Å². The third kappa shape index (κ3) is 4.64. The molecule has 2 heterocycles. The van der Waals surface area contributed by atoms with E-state index in [1.54, 1.807) is 17.0 Å². The largest absolute Gasteiger partial charge is 0.486 e. The smallest absolute Gasteiger partial charge is 0.271 e. The monoisotopic (exact) mass is 460 g/mol. The fourth-order valence-electron chi connectivity index (χ4n) is 3.55. The van der Waals surface area contributed by atoms with Crippen LogP contribution in [-0.2, 0) is 11.3 Å². The van der Waals surface area contributed by atoms with Crippen molar-refractivity contribution in [2.24, 2.45) is 4.99 Å². The van der Waals surface area contributed by atoms with Crippen molar-refractivity contribution in [1.29, 1.82) is 0 Å². The van der Waals surface area contributed by atoms with Gasteiger partial charge >= 0.3 is 0 Å². The van der Waals surface area contributed by atoms with Gasteiger partial charge in [-0.25, -0.2) is 4.39 Å². The molecule has 1 fully saturated rings. The van der Waals surface area contributed by atoms with Gasteiger partial charge in [-0.05, 0) is 72.3 Å². The summed E-state index contributed by atoms with van der Waals surface area (Å²) >= 11 is 1.32. The van der Waals surface area contributed by atoms with Gasteiger partial charge in [0.05, 0.1) is 17.1 Å². The zero-order valence-corrected chi connectivity index (χ0v) is 18.8. The first kappa shape index (κ1) is 21.3. The van der Waals surface area contributed by atoms with Crippen LogP contribution in [0.25, 0.3) is 6.08 Å². The zero-order valence-electron chi connectivity index (χ0n) is 18.0. The van der Waals surface area contributed by atoms with E-state index in [9.17, 15) is 9.18 Å². The van der Waals surface area contributed by atoms with Crippen LogP contribution in [0, 0.1) is 12.7 Å². The Kier molecular flexibility index (Phi) is 5.88. The SMILES string of the molecule is Cc1ccc(N2C(=O)/C(=C/c3ccc4c(c3)OCCO4)SC2=NCc2ccc(F)cc2)cc1. The minimum absolute atomic E-state index is 0.142. The minimum Gasteiger partial charge on any atom is -0.486 e. The van der Waals surface area contributed by atoms with Crippen molar-refractivity contribution in [2.75, 3.05) is 18.1 Å². The van der Waals surface area contributed by atoms with Crippen LogP contribution in [0.3, 0.4) is 0 Å². The highest BCUT2D eigenvalue weighted by molar-refractivity contribution is 8.19. The van der Waals surface area contributed by atoms with E-state index in [1.165, 1.54) is 23.9 Å². The summed E-state index contributed by atoms with van der Waals surface area (Å²) in [5.41, 5.74) is 3.57. The molecule has 0 spiro atoms. The Bertz CT molecular complexity index is 1250. The lowest BCUT2D eigenvalue weighted by molar-refractivity contribution is -0.113. The van der Waals surface area contributed by atoms with E-state index in [2.05, 4.69) is 0 Å². The van der Waals surface area contributed by atoms with E-state index in [1.807, 2.05) is 55.5 Å². The molecule has 0 atom stereocenters. The van der Waals surface area contributed by atoms with Crippen molar-refractivity contribution < 1.29 is 18.7 Å². The Morgan fingerprint density at radius 2 is 1.73 bits per heavy atom. The Labute approximate surface area is 195 Å². The second kappa shape index (κ2) is 9.11. The normalized spacial score (nSPS) is 17.8. The van der Waals surface area contributed by atoms with Crippen molar-refractivity contribution in [3.63, 3.8) is 0 Å². The van der Waals surface area contributed by atoms with Gasteiger partial charge in [-0.3, -0.25) is 14.7 Å².